The smallest absolute Gasteiger partial charge is 0.227 e. The first-order valence-electron chi connectivity index (χ1n) is 11.0. The molecule has 0 unspecified atom stereocenters. The molecule has 3 nitrogen and oxygen atoms in total. The fraction of sp³-hybridized carbons (Fsp3) is 0.480. The second-order valence-electron chi connectivity index (χ2n) is 8.97. The maximum Gasteiger partial charge on any atom is 0.227 e. The Hall–Kier alpha value is -2.20. The first kappa shape index (κ1) is 18.8. The summed E-state index contributed by atoms with van der Waals surface area (Å²) < 4.78 is 13.4. The minimum atomic E-state index is -0.269. The van der Waals surface area contributed by atoms with Crippen LogP contribution in [0.4, 0.5) is 4.39 Å². The number of fused-ring (bicyclic) bond motifs is 2. The minimum absolute atomic E-state index is 0.138. The van der Waals surface area contributed by atoms with Crippen molar-refractivity contribution in [1.29, 1.82) is 0 Å². The van der Waals surface area contributed by atoms with Crippen LogP contribution in [-0.2, 0) is 24.1 Å². The molecule has 0 saturated carbocycles. The second-order valence-corrected chi connectivity index (χ2v) is 8.97. The van der Waals surface area contributed by atoms with Crippen LogP contribution < -0.4 is 0 Å². The van der Waals surface area contributed by atoms with Crippen molar-refractivity contribution in [2.24, 2.45) is 5.92 Å². The van der Waals surface area contributed by atoms with Crippen LogP contribution in [0.1, 0.15) is 36.0 Å². The van der Waals surface area contributed by atoms with Gasteiger partial charge in [-0.2, -0.15) is 0 Å². The predicted octanol–water partition coefficient (Wildman–Crippen LogP) is 3.85. The SMILES string of the molecule is O=C(Cc1cccc(F)c1)N1CC[C@H]2[C@H](CCCN2C2Cc3ccccc3C2)C1. The predicted molar refractivity (Wildman–Crippen MR) is 112 cm³/mol. The highest BCUT2D eigenvalue weighted by Gasteiger charge is 2.41. The molecule has 0 bridgehead atoms. The Morgan fingerprint density at radius 1 is 1.00 bits per heavy atom. The Morgan fingerprint density at radius 3 is 2.55 bits per heavy atom. The summed E-state index contributed by atoms with van der Waals surface area (Å²) >= 11 is 0. The van der Waals surface area contributed by atoms with E-state index >= 15 is 0 Å². The van der Waals surface area contributed by atoms with E-state index in [1.165, 1.54) is 55.5 Å². The van der Waals surface area contributed by atoms with Crippen LogP contribution in [0, 0.1) is 11.7 Å². The first-order valence-corrected chi connectivity index (χ1v) is 11.0. The molecular formula is C25H29FN2O. The molecule has 5 rings (SSSR count). The van der Waals surface area contributed by atoms with E-state index in [0.717, 1.165) is 25.1 Å². The van der Waals surface area contributed by atoms with Gasteiger partial charge in [-0.3, -0.25) is 9.69 Å². The van der Waals surface area contributed by atoms with E-state index in [1.54, 1.807) is 6.07 Å². The summed E-state index contributed by atoms with van der Waals surface area (Å²) in [6.07, 6.45) is 6.14. The number of nitrogens with zero attached hydrogens (tertiary/aromatic N) is 2. The van der Waals surface area contributed by atoms with Gasteiger partial charge in [-0.15, -0.1) is 0 Å². The summed E-state index contributed by atoms with van der Waals surface area (Å²) in [7, 11) is 0. The van der Waals surface area contributed by atoms with Gasteiger partial charge in [0.2, 0.25) is 5.91 Å². The molecule has 152 valence electrons. The van der Waals surface area contributed by atoms with Gasteiger partial charge in [-0.1, -0.05) is 36.4 Å². The summed E-state index contributed by atoms with van der Waals surface area (Å²) in [6.45, 7) is 2.87. The molecule has 0 spiro atoms. The fourth-order valence-corrected chi connectivity index (χ4v) is 5.83. The van der Waals surface area contributed by atoms with E-state index < -0.39 is 0 Å². The average molecular weight is 393 g/mol. The van der Waals surface area contributed by atoms with E-state index in [1.807, 2.05) is 11.0 Å². The van der Waals surface area contributed by atoms with Crippen LogP contribution in [0.25, 0.3) is 0 Å². The third-order valence-corrected chi connectivity index (χ3v) is 7.21. The van der Waals surface area contributed by atoms with Crippen molar-refractivity contribution in [2.45, 2.75) is 50.6 Å². The van der Waals surface area contributed by atoms with Gasteiger partial charge in [-0.05, 0) is 73.4 Å². The monoisotopic (exact) mass is 392 g/mol. The Kier molecular flexibility index (Phi) is 5.13. The van der Waals surface area contributed by atoms with Gasteiger partial charge in [0.15, 0.2) is 0 Å². The number of hydrogen-bond donors (Lipinski definition) is 0. The molecular weight excluding hydrogens is 363 g/mol. The summed E-state index contributed by atoms with van der Waals surface area (Å²) in [4.78, 5) is 17.6. The van der Waals surface area contributed by atoms with Gasteiger partial charge in [0.05, 0.1) is 6.42 Å². The summed E-state index contributed by atoms with van der Waals surface area (Å²) in [6, 6.07) is 16.5. The Labute approximate surface area is 172 Å². The Bertz CT molecular complexity index is 873. The average Bonchev–Trinajstić information content (AvgIpc) is 3.17. The van der Waals surface area contributed by atoms with E-state index in [2.05, 4.69) is 29.2 Å². The fourth-order valence-electron chi connectivity index (χ4n) is 5.83. The molecule has 0 aromatic heterocycles. The molecule has 0 radical (unpaired) electrons. The molecule has 1 amide bonds. The van der Waals surface area contributed by atoms with Gasteiger partial charge in [0.25, 0.3) is 0 Å². The molecule has 2 saturated heterocycles. The quantitative estimate of drug-likeness (QED) is 0.792. The lowest BCUT2D eigenvalue weighted by molar-refractivity contribution is -0.134. The Morgan fingerprint density at radius 2 is 1.79 bits per heavy atom. The maximum atomic E-state index is 13.4. The largest absolute Gasteiger partial charge is 0.342 e. The lowest BCUT2D eigenvalue weighted by Gasteiger charge is -2.49. The third kappa shape index (κ3) is 3.83. The lowest BCUT2D eigenvalue weighted by Crippen LogP contribution is -2.58. The van der Waals surface area contributed by atoms with E-state index in [-0.39, 0.29) is 11.7 Å². The van der Waals surface area contributed by atoms with Crippen molar-refractivity contribution < 1.29 is 9.18 Å². The minimum Gasteiger partial charge on any atom is -0.342 e. The molecule has 0 N–H and O–H groups in total. The normalized spacial score (nSPS) is 24.9. The van der Waals surface area contributed by atoms with Gasteiger partial charge in [-0.25, -0.2) is 4.39 Å². The second kappa shape index (κ2) is 7.91. The van der Waals surface area contributed by atoms with Crippen molar-refractivity contribution in [2.75, 3.05) is 19.6 Å². The summed E-state index contributed by atoms with van der Waals surface area (Å²) in [5, 5.41) is 0. The van der Waals surface area contributed by atoms with Crippen molar-refractivity contribution in [3.63, 3.8) is 0 Å². The molecule has 29 heavy (non-hydrogen) atoms. The molecule has 4 heteroatoms. The van der Waals surface area contributed by atoms with Crippen molar-refractivity contribution in [1.82, 2.24) is 9.80 Å². The van der Waals surface area contributed by atoms with E-state index in [4.69, 9.17) is 0 Å². The van der Waals surface area contributed by atoms with Gasteiger partial charge < -0.3 is 4.90 Å². The van der Waals surface area contributed by atoms with Crippen LogP contribution in [0.3, 0.4) is 0 Å². The number of amides is 1. The first-order chi connectivity index (χ1) is 14.2. The van der Waals surface area contributed by atoms with Crippen LogP contribution in [0.5, 0.6) is 0 Å². The van der Waals surface area contributed by atoms with Crippen LogP contribution in [0.15, 0.2) is 48.5 Å². The standard InChI is InChI=1S/C25H29FN2O/c26-22-9-3-5-18(13-22)14-25(29)27-12-10-24-21(17-27)8-4-11-28(24)23-15-19-6-1-2-7-20(19)16-23/h1-3,5-7,9,13,21,23-24H,4,8,10-12,14-17H2/t21-,24+/m1/s1. The zero-order chi connectivity index (χ0) is 19.8. The molecule has 2 aromatic carbocycles. The number of likely N-dealkylation sites (tertiary alicyclic amines) is 2. The molecule has 2 atom stereocenters. The maximum absolute atomic E-state index is 13.4. The summed E-state index contributed by atoms with van der Waals surface area (Å²) in [5.74, 6) is 0.437. The van der Waals surface area contributed by atoms with Gasteiger partial charge >= 0.3 is 0 Å². The highest BCUT2D eigenvalue weighted by molar-refractivity contribution is 5.78. The number of benzene rings is 2. The van der Waals surface area contributed by atoms with Crippen molar-refractivity contribution in [3.05, 3.63) is 71.0 Å². The molecule has 2 aliphatic heterocycles. The summed E-state index contributed by atoms with van der Waals surface area (Å²) in [5.41, 5.74) is 3.80. The number of piperidine rings is 2. The van der Waals surface area contributed by atoms with Gasteiger partial charge in [0, 0.05) is 25.2 Å². The number of rotatable bonds is 3. The molecule has 2 aromatic rings. The Balaban J connectivity index is 1.23. The van der Waals surface area contributed by atoms with Crippen LogP contribution >= 0.6 is 0 Å². The zero-order valence-electron chi connectivity index (χ0n) is 16.9. The molecule has 2 fully saturated rings. The van der Waals surface area contributed by atoms with E-state index in [0.29, 0.717) is 24.4 Å². The number of halogens is 1. The van der Waals surface area contributed by atoms with Gasteiger partial charge in [0.1, 0.15) is 5.82 Å². The molecule has 3 aliphatic rings. The van der Waals surface area contributed by atoms with E-state index in [9.17, 15) is 9.18 Å². The number of hydrogen-bond acceptors (Lipinski definition) is 2. The highest BCUT2D eigenvalue weighted by atomic mass is 19.1. The number of carbonyl (C=O) groups is 1. The third-order valence-electron chi connectivity index (χ3n) is 7.21. The molecule has 1 aliphatic carbocycles. The zero-order valence-corrected chi connectivity index (χ0v) is 16.9. The lowest BCUT2D eigenvalue weighted by atomic mass is 9.82. The van der Waals surface area contributed by atoms with Crippen LogP contribution in [-0.4, -0.2) is 47.4 Å². The molecule has 2 heterocycles. The highest BCUT2D eigenvalue weighted by Crippen LogP contribution is 2.36. The number of carbonyl (C=O) groups excluding carboxylic acids is 1. The van der Waals surface area contributed by atoms with Crippen LogP contribution in [0.2, 0.25) is 0 Å². The topological polar surface area (TPSA) is 23.6 Å². The van der Waals surface area contributed by atoms with Crippen molar-refractivity contribution in [3.8, 4) is 0 Å². The van der Waals surface area contributed by atoms with Crippen molar-refractivity contribution >= 4 is 5.91 Å².